The van der Waals surface area contributed by atoms with Gasteiger partial charge in [0.05, 0.1) is 12.0 Å². The molecule has 6 heteroatoms. The SMILES string of the molecule is Cc1cc(NC2CCN(Cc3cn(C)cn3)CC2)ncn1. The lowest BCUT2D eigenvalue weighted by Crippen LogP contribution is -2.38. The average Bonchev–Trinajstić information content (AvgIpc) is 2.86. The molecule has 0 aliphatic carbocycles. The van der Waals surface area contributed by atoms with Gasteiger partial charge in [-0.05, 0) is 19.8 Å². The van der Waals surface area contributed by atoms with Crippen molar-refractivity contribution in [2.75, 3.05) is 18.4 Å². The fourth-order valence-electron chi connectivity index (χ4n) is 2.76. The second-order valence-electron chi connectivity index (χ2n) is 5.77. The fourth-order valence-corrected chi connectivity index (χ4v) is 2.76. The van der Waals surface area contributed by atoms with E-state index in [9.17, 15) is 0 Å². The van der Waals surface area contributed by atoms with Crippen LogP contribution in [0.1, 0.15) is 24.2 Å². The maximum atomic E-state index is 4.40. The first-order valence-corrected chi connectivity index (χ1v) is 7.43. The van der Waals surface area contributed by atoms with E-state index in [1.54, 1.807) is 6.33 Å². The van der Waals surface area contributed by atoms with Crippen LogP contribution in [0, 0.1) is 6.92 Å². The van der Waals surface area contributed by atoms with Gasteiger partial charge in [-0.3, -0.25) is 4.90 Å². The lowest BCUT2D eigenvalue weighted by molar-refractivity contribution is 0.209. The van der Waals surface area contributed by atoms with Gasteiger partial charge in [0.25, 0.3) is 0 Å². The highest BCUT2D eigenvalue weighted by Crippen LogP contribution is 2.16. The highest BCUT2D eigenvalue weighted by atomic mass is 15.2. The first-order chi connectivity index (χ1) is 10.2. The van der Waals surface area contributed by atoms with Gasteiger partial charge in [0.2, 0.25) is 0 Å². The molecule has 1 fully saturated rings. The second-order valence-corrected chi connectivity index (χ2v) is 5.77. The van der Waals surface area contributed by atoms with Crippen molar-refractivity contribution in [1.29, 1.82) is 0 Å². The molecule has 0 radical (unpaired) electrons. The Bertz CT molecular complexity index is 585. The van der Waals surface area contributed by atoms with E-state index in [4.69, 9.17) is 0 Å². The van der Waals surface area contributed by atoms with E-state index in [-0.39, 0.29) is 0 Å². The number of nitrogens with zero attached hydrogens (tertiary/aromatic N) is 5. The maximum absolute atomic E-state index is 4.40. The Morgan fingerprint density at radius 2 is 2.05 bits per heavy atom. The molecule has 1 saturated heterocycles. The van der Waals surface area contributed by atoms with Crippen LogP contribution in [0.5, 0.6) is 0 Å². The van der Waals surface area contributed by atoms with Crippen LogP contribution in [-0.4, -0.2) is 43.6 Å². The van der Waals surface area contributed by atoms with E-state index < -0.39 is 0 Å². The van der Waals surface area contributed by atoms with Crippen LogP contribution in [0.3, 0.4) is 0 Å². The summed E-state index contributed by atoms with van der Waals surface area (Å²) < 4.78 is 2.00. The van der Waals surface area contributed by atoms with Crippen molar-refractivity contribution in [2.45, 2.75) is 32.4 Å². The van der Waals surface area contributed by atoms with E-state index in [2.05, 4.69) is 31.4 Å². The van der Waals surface area contributed by atoms with Crippen molar-refractivity contribution in [1.82, 2.24) is 24.4 Å². The molecule has 0 spiro atoms. The standard InChI is InChI=1S/C15H22N6/c1-12-7-15(17-10-16-12)19-13-3-5-21(6-4-13)9-14-8-20(2)11-18-14/h7-8,10-11,13H,3-6,9H2,1-2H3,(H,16,17,19). The number of hydrogen-bond donors (Lipinski definition) is 1. The van der Waals surface area contributed by atoms with E-state index in [1.165, 1.54) is 0 Å². The molecule has 2 aromatic heterocycles. The lowest BCUT2D eigenvalue weighted by Gasteiger charge is -2.32. The van der Waals surface area contributed by atoms with Crippen molar-refractivity contribution in [2.24, 2.45) is 7.05 Å². The largest absolute Gasteiger partial charge is 0.367 e. The predicted octanol–water partition coefficient (Wildman–Crippen LogP) is 1.60. The molecule has 0 saturated carbocycles. The number of aryl methyl sites for hydroxylation is 2. The van der Waals surface area contributed by atoms with Gasteiger partial charge >= 0.3 is 0 Å². The minimum Gasteiger partial charge on any atom is -0.367 e. The van der Waals surface area contributed by atoms with Gasteiger partial charge in [-0.25, -0.2) is 15.0 Å². The highest BCUT2D eigenvalue weighted by Gasteiger charge is 2.19. The Kier molecular flexibility index (Phi) is 4.15. The third-order valence-corrected chi connectivity index (χ3v) is 3.89. The van der Waals surface area contributed by atoms with Gasteiger partial charge in [0, 0.05) is 50.7 Å². The molecule has 0 bridgehead atoms. The van der Waals surface area contributed by atoms with Crippen molar-refractivity contribution >= 4 is 5.82 Å². The molecule has 1 N–H and O–H groups in total. The molecule has 3 rings (SSSR count). The van der Waals surface area contributed by atoms with Crippen LogP contribution in [0.15, 0.2) is 24.9 Å². The van der Waals surface area contributed by atoms with Crippen LogP contribution < -0.4 is 5.32 Å². The van der Waals surface area contributed by atoms with Crippen LogP contribution >= 0.6 is 0 Å². The summed E-state index contributed by atoms with van der Waals surface area (Å²) in [6.45, 7) is 5.12. The molecular weight excluding hydrogens is 264 g/mol. The van der Waals surface area contributed by atoms with Crippen molar-refractivity contribution < 1.29 is 0 Å². The molecular formula is C15H22N6. The van der Waals surface area contributed by atoms with E-state index in [0.717, 1.165) is 49.7 Å². The lowest BCUT2D eigenvalue weighted by atomic mass is 10.0. The Morgan fingerprint density at radius 1 is 1.24 bits per heavy atom. The van der Waals surface area contributed by atoms with Crippen molar-refractivity contribution in [3.63, 3.8) is 0 Å². The zero-order chi connectivity index (χ0) is 14.7. The first-order valence-electron chi connectivity index (χ1n) is 7.43. The molecule has 0 atom stereocenters. The number of aromatic nitrogens is 4. The van der Waals surface area contributed by atoms with Gasteiger partial charge in [-0.1, -0.05) is 0 Å². The van der Waals surface area contributed by atoms with Crippen LogP contribution in [-0.2, 0) is 13.6 Å². The quantitative estimate of drug-likeness (QED) is 0.925. The smallest absolute Gasteiger partial charge is 0.129 e. The third-order valence-electron chi connectivity index (χ3n) is 3.89. The molecule has 3 heterocycles. The van der Waals surface area contributed by atoms with E-state index in [1.807, 2.05) is 30.9 Å². The number of imidazole rings is 1. The van der Waals surface area contributed by atoms with Gasteiger partial charge in [-0.15, -0.1) is 0 Å². The topological polar surface area (TPSA) is 58.9 Å². The Labute approximate surface area is 125 Å². The predicted molar refractivity (Wildman–Crippen MR) is 81.9 cm³/mol. The van der Waals surface area contributed by atoms with Gasteiger partial charge < -0.3 is 9.88 Å². The minimum absolute atomic E-state index is 0.499. The fraction of sp³-hybridized carbons (Fsp3) is 0.533. The van der Waals surface area contributed by atoms with Crippen LogP contribution in [0.25, 0.3) is 0 Å². The summed E-state index contributed by atoms with van der Waals surface area (Å²) in [5.41, 5.74) is 2.15. The van der Waals surface area contributed by atoms with E-state index in [0.29, 0.717) is 6.04 Å². The Morgan fingerprint density at radius 3 is 2.71 bits per heavy atom. The third kappa shape index (κ3) is 3.78. The highest BCUT2D eigenvalue weighted by molar-refractivity contribution is 5.35. The summed E-state index contributed by atoms with van der Waals surface area (Å²) in [5.74, 6) is 0.936. The summed E-state index contributed by atoms with van der Waals surface area (Å²) in [6.07, 6.45) is 7.84. The monoisotopic (exact) mass is 286 g/mol. The zero-order valence-corrected chi connectivity index (χ0v) is 12.7. The van der Waals surface area contributed by atoms with E-state index >= 15 is 0 Å². The summed E-state index contributed by atoms with van der Waals surface area (Å²) in [5, 5.41) is 3.51. The van der Waals surface area contributed by atoms with Gasteiger partial charge in [-0.2, -0.15) is 0 Å². The normalized spacial score (nSPS) is 17.0. The van der Waals surface area contributed by atoms with Crippen LogP contribution in [0.4, 0.5) is 5.82 Å². The first kappa shape index (κ1) is 14.0. The summed E-state index contributed by atoms with van der Waals surface area (Å²) in [6, 6.07) is 2.50. The summed E-state index contributed by atoms with van der Waals surface area (Å²) >= 11 is 0. The number of nitrogens with one attached hydrogen (secondary N) is 1. The van der Waals surface area contributed by atoms with Gasteiger partial charge in [0.15, 0.2) is 0 Å². The Hall–Kier alpha value is -1.95. The second kappa shape index (κ2) is 6.22. The number of hydrogen-bond acceptors (Lipinski definition) is 5. The summed E-state index contributed by atoms with van der Waals surface area (Å²) in [4.78, 5) is 15.3. The summed E-state index contributed by atoms with van der Waals surface area (Å²) in [7, 11) is 2.01. The van der Waals surface area contributed by atoms with Crippen LogP contribution in [0.2, 0.25) is 0 Å². The molecule has 0 amide bonds. The Balaban J connectivity index is 1.48. The average molecular weight is 286 g/mol. The molecule has 1 aliphatic heterocycles. The molecule has 2 aromatic rings. The number of piperidine rings is 1. The van der Waals surface area contributed by atoms with Gasteiger partial charge in [0.1, 0.15) is 12.1 Å². The van der Waals surface area contributed by atoms with Crippen molar-refractivity contribution in [3.8, 4) is 0 Å². The maximum Gasteiger partial charge on any atom is 0.129 e. The molecule has 112 valence electrons. The molecule has 0 unspecified atom stereocenters. The molecule has 1 aliphatic rings. The molecule has 21 heavy (non-hydrogen) atoms. The minimum atomic E-state index is 0.499. The molecule has 0 aromatic carbocycles. The zero-order valence-electron chi connectivity index (χ0n) is 12.7. The molecule has 6 nitrogen and oxygen atoms in total. The van der Waals surface area contributed by atoms with Crippen molar-refractivity contribution in [3.05, 3.63) is 36.3 Å². The number of likely N-dealkylation sites (tertiary alicyclic amines) is 1. The number of rotatable bonds is 4. The number of anilines is 1.